The van der Waals surface area contributed by atoms with Gasteiger partial charge in [-0.3, -0.25) is 4.98 Å². The van der Waals surface area contributed by atoms with E-state index in [1.165, 1.54) is 14.2 Å². The molecule has 0 saturated heterocycles. The van der Waals surface area contributed by atoms with Crippen LogP contribution >= 0.6 is 0 Å². The molecule has 0 aliphatic carbocycles. The van der Waals surface area contributed by atoms with Gasteiger partial charge in [-0.05, 0) is 49.6 Å². The molecule has 31 heavy (non-hydrogen) atoms. The minimum absolute atomic E-state index is 0.238. The molecule has 6 nitrogen and oxygen atoms in total. The highest BCUT2D eigenvalue weighted by molar-refractivity contribution is 6.07. The van der Waals surface area contributed by atoms with Crippen LogP contribution in [0.25, 0.3) is 11.1 Å². The van der Waals surface area contributed by atoms with Gasteiger partial charge < -0.3 is 14.2 Å². The van der Waals surface area contributed by atoms with Crippen molar-refractivity contribution in [1.82, 2.24) is 4.98 Å². The van der Waals surface area contributed by atoms with E-state index in [1.807, 2.05) is 31.2 Å². The molecule has 0 atom stereocenters. The van der Waals surface area contributed by atoms with Crippen molar-refractivity contribution in [3.8, 4) is 16.9 Å². The summed E-state index contributed by atoms with van der Waals surface area (Å²) in [5, 5.41) is 0. The molecule has 0 spiro atoms. The Morgan fingerprint density at radius 2 is 1.35 bits per heavy atom. The molecule has 0 radical (unpaired) electrons. The Labute approximate surface area is 181 Å². The Morgan fingerprint density at radius 1 is 0.806 bits per heavy atom. The molecule has 3 rings (SSSR count). The third kappa shape index (κ3) is 4.58. The van der Waals surface area contributed by atoms with Crippen molar-refractivity contribution >= 4 is 11.9 Å². The van der Waals surface area contributed by atoms with Gasteiger partial charge in [-0.2, -0.15) is 0 Å². The highest BCUT2D eigenvalue weighted by atomic mass is 16.5. The summed E-state index contributed by atoms with van der Waals surface area (Å²) in [5.41, 5.74) is 4.80. The van der Waals surface area contributed by atoms with E-state index >= 15 is 0 Å². The molecule has 1 heterocycles. The standard InChI is InChI=1S/C25H25NO5/c1-15-8-6-7-9-19(15)14-31-20-12-10-18(11-13-20)23-21(24(27)29-4)16(2)26-17(3)22(23)25(28)30-5/h6-13H,14H2,1-5H3. The van der Waals surface area contributed by atoms with Crippen molar-refractivity contribution in [2.45, 2.75) is 27.4 Å². The summed E-state index contributed by atoms with van der Waals surface area (Å²) in [4.78, 5) is 29.4. The van der Waals surface area contributed by atoms with Gasteiger partial charge in [0.05, 0.1) is 36.7 Å². The first kappa shape index (κ1) is 22.0. The third-order valence-electron chi connectivity index (χ3n) is 5.14. The predicted molar refractivity (Wildman–Crippen MR) is 117 cm³/mol. The van der Waals surface area contributed by atoms with Crippen LogP contribution in [0.15, 0.2) is 48.5 Å². The zero-order valence-electron chi connectivity index (χ0n) is 18.3. The maximum absolute atomic E-state index is 12.5. The van der Waals surface area contributed by atoms with E-state index in [0.717, 1.165) is 11.1 Å². The second-order valence-corrected chi connectivity index (χ2v) is 7.13. The van der Waals surface area contributed by atoms with E-state index in [9.17, 15) is 9.59 Å². The fraction of sp³-hybridized carbons (Fsp3) is 0.240. The van der Waals surface area contributed by atoms with Crippen LogP contribution in [0, 0.1) is 20.8 Å². The van der Waals surface area contributed by atoms with Crippen molar-refractivity contribution in [3.63, 3.8) is 0 Å². The molecule has 0 aliphatic rings. The van der Waals surface area contributed by atoms with Crippen molar-refractivity contribution in [1.29, 1.82) is 0 Å². The van der Waals surface area contributed by atoms with Crippen LogP contribution in [0.1, 0.15) is 43.2 Å². The maximum Gasteiger partial charge on any atom is 0.340 e. The van der Waals surface area contributed by atoms with Crippen molar-refractivity contribution in [3.05, 3.63) is 82.2 Å². The van der Waals surface area contributed by atoms with Crippen LogP contribution in [0.5, 0.6) is 5.75 Å². The average molecular weight is 419 g/mol. The summed E-state index contributed by atoms with van der Waals surface area (Å²) in [6.45, 7) is 5.91. The SMILES string of the molecule is COC(=O)c1c(C)nc(C)c(C(=O)OC)c1-c1ccc(OCc2ccccc2C)cc1. The largest absolute Gasteiger partial charge is 0.489 e. The number of nitrogens with zero attached hydrogens (tertiary/aromatic N) is 1. The van der Waals surface area contributed by atoms with Crippen LogP contribution in [-0.4, -0.2) is 31.1 Å². The molecule has 6 heteroatoms. The van der Waals surface area contributed by atoms with Crippen LogP contribution in [-0.2, 0) is 16.1 Å². The van der Waals surface area contributed by atoms with Crippen LogP contribution in [0.4, 0.5) is 0 Å². The lowest BCUT2D eigenvalue weighted by Gasteiger charge is -2.17. The number of hydrogen-bond acceptors (Lipinski definition) is 6. The Hall–Kier alpha value is -3.67. The number of aryl methyl sites for hydroxylation is 3. The van der Waals surface area contributed by atoms with Gasteiger partial charge in [0.2, 0.25) is 0 Å². The topological polar surface area (TPSA) is 74.7 Å². The van der Waals surface area contributed by atoms with Gasteiger partial charge in [-0.1, -0.05) is 36.4 Å². The first-order valence-electron chi connectivity index (χ1n) is 9.83. The maximum atomic E-state index is 12.5. The second-order valence-electron chi connectivity index (χ2n) is 7.13. The fourth-order valence-corrected chi connectivity index (χ4v) is 3.49. The number of rotatable bonds is 6. The van der Waals surface area contributed by atoms with Crippen molar-refractivity contribution in [2.24, 2.45) is 0 Å². The highest BCUT2D eigenvalue weighted by Gasteiger charge is 2.27. The van der Waals surface area contributed by atoms with Crippen LogP contribution in [0.2, 0.25) is 0 Å². The van der Waals surface area contributed by atoms with E-state index in [-0.39, 0.29) is 11.1 Å². The molecule has 2 aromatic carbocycles. The summed E-state index contributed by atoms with van der Waals surface area (Å²) in [5.74, 6) is -0.455. The highest BCUT2D eigenvalue weighted by Crippen LogP contribution is 2.33. The first-order valence-corrected chi connectivity index (χ1v) is 9.83. The minimum atomic E-state index is -0.565. The molecule has 0 saturated carbocycles. The number of carbonyl (C=O) groups is 2. The average Bonchev–Trinajstić information content (AvgIpc) is 2.77. The quantitative estimate of drug-likeness (QED) is 0.533. The lowest BCUT2D eigenvalue weighted by atomic mass is 9.92. The molecule has 1 aromatic heterocycles. The molecule has 3 aromatic rings. The lowest BCUT2D eigenvalue weighted by molar-refractivity contribution is 0.0599. The molecular weight excluding hydrogens is 394 g/mol. The Bertz CT molecular complexity index is 1080. The summed E-state index contributed by atoms with van der Waals surface area (Å²) < 4.78 is 15.8. The molecule has 0 N–H and O–H groups in total. The Balaban J connectivity index is 2.02. The number of carbonyl (C=O) groups excluding carboxylic acids is 2. The molecule has 160 valence electrons. The van der Waals surface area contributed by atoms with Gasteiger partial charge in [0.1, 0.15) is 12.4 Å². The first-order chi connectivity index (χ1) is 14.9. The van der Waals surface area contributed by atoms with E-state index in [1.54, 1.807) is 38.1 Å². The number of benzene rings is 2. The number of ether oxygens (including phenoxy) is 3. The number of methoxy groups -OCH3 is 2. The summed E-state index contributed by atoms with van der Waals surface area (Å²) in [6.07, 6.45) is 0. The predicted octanol–water partition coefficient (Wildman–Crippen LogP) is 4.83. The van der Waals surface area contributed by atoms with Gasteiger partial charge in [-0.15, -0.1) is 0 Å². The zero-order chi connectivity index (χ0) is 22.5. The van der Waals surface area contributed by atoms with Gasteiger partial charge in [0.15, 0.2) is 0 Å². The van der Waals surface area contributed by atoms with Gasteiger partial charge in [-0.25, -0.2) is 9.59 Å². The van der Waals surface area contributed by atoms with E-state index in [0.29, 0.717) is 34.9 Å². The smallest absolute Gasteiger partial charge is 0.340 e. The van der Waals surface area contributed by atoms with Gasteiger partial charge in [0, 0.05) is 5.56 Å². The monoisotopic (exact) mass is 419 g/mol. The fourth-order valence-electron chi connectivity index (χ4n) is 3.49. The molecular formula is C25H25NO5. The van der Waals surface area contributed by atoms with Crippen LogP contribution < -0.4 is 4.74 Å². The number of hydrogen-bond donors (Lipinski definition) is 0. The Morgan fingerprint density at radius 3 is 1.87 bits per heavy atom. The second kappa shape index (κ2) is 9.43. The zero-order valence-corrected chi connectivity index (χ0v) is 18.3. The van der Waals surface area contributed by atoms with Crippen LogP contribution in [0.3, 0.4) is 0 Å². The molecule has 0 bridgehead atoms. The number of esters is 2. The number of aromatic nitrogens is 1. The molecule has 0 aliphatic heterocycles. The summed E-state index contributed by atoms with van der Waals surface area (Å²) >= 11 is 0. The molecule has 0 amide bonds. The van der Waals surface area contributed by atoms with E-state index in [2.05, 4.69) is 4.98 Å². The normalized spacial score (nSPS) is 10.5. The minimum Gasteiger partial charge on any atom is -0.489 e. The summed E-state index contributed by atoms with van der Waals surface area (Å²) in [6, 6.07) is 15.3. The number of pyridine rings is 1. The van der Waals surface area contributed by atoms with Crippen molar-refractivity contribution in [2.75, 3.05) is 14.2 Å². The molecule has 0 fully saturated rings. The van der Waals surface area contributed by atoms with E-state index < -0.39 is 11.9 Å². The summed E-state index contributed by atoms with van der Waals surface area (Å²) in [7, 11) is 2.59. The van der Waals surface area contributed by atoms with Gasteiger partial charge in [0.25, 0.3) is 0 Å². The Kier molecular flexibility index (Phi) is 6.70. The van der Waals surface area contributed by atoms with Gasteiger partial charge >= 0.3 is 11.9 Å². The van der Waals surface area contributed by atoms with Crippen molar-refractivity contribution < 1.29 is 23.8 Å². The third-order valence-corrected chi connectivity index (χ3v) is 5.14. The van der Waals surface area contributed by atoms with E-state index in [4.69, 9.17) is 14.2 Å². The molecule has 0 unspecified atom stereocenters. The lowest BCUT2D eigenvalue weighted by Crippen LogP contribution is -2.16.